The van der Waals surface area contributed by atoms with Gasteiger partial charge in [-0.25, -0.2) is 0 Å². The van der Waals surface area contributed by atoms with Crippen LogP contribution in [0.5, 0.6) is 0 Å². The molecule has 3 N–H and O–H groups in total. The van der Waals surface area contributed by atoms with Gasteiger partial charge in [-0.2, -0.15) is 0 Å². The van der Waals surface area contributed by atoms with Gasteiger partial charge in [0, 0.05) is 41.8 Å². The lowest BCUT2D eigenvalue weighted by Gasteiger charge is -2.24. The highest BCUT2D eigenvalue weighted by Gasteiger charge is 2.24. The summed E-state index contributed by atoms with van der Waals surface area (Å²) in [5.74, 6) is 0.402. The van der Waals surface area contributed by atoms with Gasteiger partial charge in [0.15, 0.2) is 0 Å². The molecule has 3 nitrogen and oxygen atoms in total. The molecule has 2 rings (SSSR count). The van der Waals surface area contributed by atoms with Gasteiger partial charge < -0.3 is 15.7 Å². The van der Waals surface area contributed by atoms with E-state index in [4.69, 9.17) is 5.73 Å². The van der Waals surface area contributed by atoms with Crippen LogP contribution in [0, 0.1) is 5.92 Å². The fourth-order valence-corrected chi connectivity index (χ4v) is 2.76. The molecule has 1 heterocycles. The van der Waals surface area contributed by atoms with E-state index in [2.05, 4.69) is 33.0 Å². The van der Waals surface area contributed by atoms with Crippen molar-refractivity contribution in [1.82, 2.24) is 0 Å². The van der Waals surface area contributed by atoms with Crippen molar-refractivity contribution < 1.29 is 5.11 Å². The number of aliphatic hydroxyl groups is 1. The molecule has 4 heteroatoms. The number of nitrogens with two attached hydrogens (primary N) is 1. The second-order valence-electron chi connectivity index (χ2n) is 4.78. The van der Waals surface area contributed by atoms with Gasteiger partial charge in [0.1, 0.15) is 0 Å². The van der Waals surface area contributed by atoms with Gasteiger partial charge in [0.25, 0.3) is 0 Å². The van der Waals surface area contributed by atoms with Crippen LogP contribution >= 0.6 is 15.9 Å². The van der Waals surface area contributed by atoms with Crippen LogP contribution in [0.3, 0.4) is 0 Å². The van der Waals surface area contributed by atoms with Crippen molar-refractivity contribution in [3.05, 3.63) is 28.2 Å². The summed E-state index contributed by atoms with van der Waals surface area (Å²) >= 11 is 3.48. The highest BCUT2D eigenvalue weighted by molar-refractivity contribution is 9.10. The van der Waals surface area contributed by atoms with Crippen LogP contribution in [0.25, 0.3) is 0 Å². The lowest BCUT2D eigenvalue weighted by atomic mass is 10.1. The molecule has 94 valence electrons. The van der Waals surface area contributed by atoms with Gasteiger partial charge in [0.05, 0.1) is 0 Å². The van der Waals surface area contributed by atoms with Gasteiger partial charge in [0.2, 0.25) is 0 Å². The van der Waals surface area contributed by atoms with E-state index in [0.717, 1.165) is 29.5 Å². The molecule has 1 saturated heterocycles. The number of rotatable bonds is 3. The van der Waals surface area contributed by atoms with E-state index in [9.17, 15) is 5.11 Å². The van der Waals surface area contributed by atoms with Crippen molar-refractivity contribution in [2.45, 2.75) is 19.4 Å². The summed E-state index contributed by atoms with van der Waals surface area (Å²) < 4.78 is 1.06. The number of hydrogen-bond donors (Lipinski definition) is 2. The molecule has 0 radical (unpaired) electrons. The molecule has 0 aromatic heterocycles. The molecule has 2 atom stereocenters. The quantitative estimate of drug-likeness (QED) is 0.900. The minimum Gasteiger partial charge on any atom is -0.396 e. The van der Waals surface area contributed by atoms with Crippen molar-refractivity contribution in [3.63, 3.8) is 0 Å². The first-order valence-electron chi connectivity index (χ1n) is 6.02. The third-order valence-corrected chi connectivity index (χ3v) is 3.86. The Kier molecular flexibility index (Phi) is 4.07. The maximum atomic E-state index is 9.19. The fourth-order valence-electron chi connectivity index (χ4n) is 2.38. The van der Waals surface area contributed by atoms with E-state index in [0.29, 0.717) is 5.92 Å². The van der Waals surface area contributed by atoms with Crippen molar-refractivity contribution in [3.8, 4) is 0 Å². The molecule has 0 spiro atoms. The minimum atomic E-state index is 0.0238. The summed E-state index contributed by atoms with van der Waals surface area (Å²) in [7, 11) is 0. The summed E-state index contributed by atoms with van der Waals surface area (Å²) in [5, 5.41) is 9.19. The first kappa shape index (κ1) is 12.9. The van der Waals surface area contributed by atoms with Crippen molar-refractivity contribution >= 4 is 21.6 Å². The van der Waals surface area contributed by atoms with E-state index in [1.165, 1.54) is 5.69 Å². The molecule has 1 aliphatic heterocycles. The lowest BCUT2D eigenvalue weighted by molar-refractivity contribution is 0.238. The zero-order valence-corrected chi connectivity index (χ0v) is 11.7. The third-order valence-electron chi connectivity index (χ3n) is 3.36. The van der Waals surface area contributed by atoms with Crippen LogP contribution in [0.4, 0.5) is 5.69 Å². The molecule has 1 aromatic carbocycles. The zero-order chi connectivity index (χ0) is 12.4. The molecule has 0 saturated carbocycles. The summed E-state index contributed by atoms with van der Waals surface area (Å²) in [6, 6.07) is 6.28. The van der Waals surface area contributed by atoms with Crippen LogP contribution in [-0.4, -0.2) is 24.8 Å². The largest absolute Gasteiger partial charge is 0.396 e. The predicted molar refractivity (Wildman–Crippen MR) is 74.2 cm³/mol. The number of benzene rings is 1. The molecule has 1 fully saturated rings. The summed E-state index contributed by atoms with van der Waals surface area (Å²) in [6.45, 7) is 4.22. The van der Waals surface area contributed by atoms with Crippen LogP contribution in [-0.2, 0) is 0 Å². The maximum absolute atomic E-state index is 9.19. The standard InChI is InChI=1S/C13H19BrN2O/c1-9(15)12-6-11(14)2-3-13(12)16-5-4-10(7-16)8-17/h2-3,6,9-10,17H,4-5,7-8,15H2,1H3. The Bertz CT molecular complexity index is 395. The Balaban J connectivity index is 2.26. The van der Waals surface area contributed by atoms with Crippen molar-refractivity contribution in [1.29, 1.82) is 0 Å². The zero-order valence-electron chi connectivity index (χ0n) is 10.1. The minimum absolute atomic E-state index is 0.0238. The lowest BCUT2D eigenvalue weighted by Crippen LogP contribution is -2.23. The van der Waals surface area contributed by atoms with Gasteiger partial charge in [-0.1, -0.05) is 15.9 Å². The van der Waals surface area contributed by atoms with Crippen LogP contribution < -0.4 is 10.6 Å². The average Bonchev–Trinajstić information content (AvgIpc) is 2.77. The first-order chi connectivity index (χ1) is 8.11. The fraction of sp³-hybridized carbons (Fsp3) is 0.538. The van der Waals surface area contributed by atoms with Crippen LogP contribution in [0.2, 0.25) is 0 Å². The number of halogens is 1. The number of nitrogens with zero attached hydrogens (tertiary/aromatic N) is 1. The summed E-state index contributed by atoms with van der Waals surface area (Å²) in [5.41, 5.74) is 8.39. The Morgan fingerprint density at radius 1 is 1.59 bits per heavy atom. The highest BCUT2D eigenvalue weighted by atomic mass is 79.9. The van der Waals surface area contributed by atoms with E-state index >= 15 is 0 Å². The normalized spacial score (nSPS) is 21.9. The molecule has 1 aliphatic rings. The number of hydrogen-bond acceptors (Lipinski definition) is 3. The van der Waals surface area contributed by atoms with Gasteiger partial charge in [-0.15, -0.1) is 0 Å². The SMILES string of the molecule is CC(N)c1cc(Br)ccc1N1CCC(CO)C1. The first-order valence-corrected chi connectivity index (χ1v) is 6.82. The van der Waals surface area contributed by atoms with Crippen molar-refractivity contribution in [2.75, 3.05) is 24.6 Å². The van der Waals surface area contributed by atoms with Gasteiger partial charge >= 0.3 is 0 Å². The second kappa shape index (κ2) is 5.38. The summed E-state index contributed by atoms with van der Waals surface area (Å²) in [6.07, 6.45) is 1.06. The molecule has 17 heavy (non-hydrogen) atoms. The maximum Gasteiger partial charge on any atom is 0.0476 e. The molecule has 0 amide bonds. The Hall–Kier alpha value is -0.580. The number of aliphatic hydroxyl groups excluding tert-OH is 1. The van der Waals surface area contributed by atoms with E-state index in [1.54, 1.807) is 0 Å². The molecule has 2 unspecified atom stereocenters. The molecular weight excluding hydrogens is 280 g/mol. The summed E-state index contributed by atoms with van der Waals surface area (Å²) in [4.78, 5) is 2.33. The number of anilines is 1. The molecular formula is C13H19BrN2O. The van der Waals surface area contributed by atoms with Crippen LogP contribution in [0.1, 0.15) is 24.9 Å². The third kappa shape index (κ3) is 2.81. The van der Waals surface area contributed by atoms with Gasteiger partial charge in [-0.05, 0) is 37.1 Å². The smallest absolute Gasteiger partial charge is 0.0476 e. The Morgan fingerprint density at radius 2 is 2.35 bits per heavy atom. The van der Waals surface area contributed by atoms with E-state index < -0.39 is 0 Å². The molecule has 1 aromatic rings. The van der Waals surface area contributed by atoms with Gasteiger partial charge in [-0.3, -0.25) is 0 Å². The van der Waals surface area contributed by atoms with Crippen molar-refractivity contribution in [2.24, 2.45) is 11.7 Å². The highest BCUT2D eigenvalue weighted by Crippen LogP contribution is 2.32. The molecule has 0 aliphatic carbocycles. The topological polar surface area (TPSA) is 49.5 Å². The van der Waals surface area contributed by atoms with E-state index in [-0.39, 0.29) is 12.6 Å². The predicted octanol–water partition coefficient (Wildman–Crippen LogP) is 2.29. The second-order valence-corrected chi connectivity index (χ2v) is 5.69. The Morgan fingerprint density at radius 3 is 2.94 bits per heavy atom. The Labute approximate surface area is 111 Å². The molecule has 0 bridgehead atoms. The van der Waals surface area contributed by atoms with Crippen LogP contribution in [0.15, 0.2) is 22.7 Å². The van der Waals surface area contributed by atoms with E-state index in [1.807, 2.05) is 13.0 Å². The monoisotopic (exact) mass is 298 g/mol. The average molecular weight is 299 g/mol.